The molecule has 2 fully saturated rings. The van der Waals surface area contributed by atoms with Gasteiger partial charge in [0.2, 0.25) is 10.0 Å². The number of hydrogen-bond donors (Lipinski definition) is 0. The fraction of sp³-hybridized carbons (Fsp3) is 0.733. The first-order valence-electron chi connectivity index (χ1n) is 7.67. The van der Waals surface area contributed by atoms with Crippen molar-refractivity contribution >= 4 is 10.0 Å². The third-order valence-corrected chi connectivity index (χ3v) is 6.16. The predicted molar refractivity (Wildman–Crippen MR) is 82.8 cm³/mol. The van der Waals surface area contributed by atoms with Crippen molar-refractivity contribution in [2.45, 2.75) is 13.5 Å². The third-order valence-electron chi connectivity index (χ3n) is 4.91. The van der Waals surface area contributed by atoms with Gasteiger partial charge in [-0.25, -0.2) is 8.42 Å². The number of nitrogens with zero attached hydrogens (tertiary/aromatic N) is 2. The summed E-state index contributed by atoms with van der Waals surface area (Å²) < 4.78 is 36.7. The zero-order valence-electron chi connectivity index (χ0n) is 13.2. The summed E-state index contributed by atoms with van der Waals surface area (Å²) in [5.74, 6) is 1.32. The van der Waals surface area contributed by atoms with Gasteiger partial charge in [0.05, 0.1) is 32.3 Å². The third kappa shape index (κ3) is 3.22. The summed E-state index contributed by atoms with van der Waals surface area (Å²) in [5, 5.41) is 0. The first-order valence-corrected chi connectivity index (χ1v) is 9.51. The Morgan fingerprint density at radius 2 is 2.23 bits per heavy atom. The average Bonchev–Trinajstić information content (AvgIpc) is 2.94. The van der Waals surface area contributed by atoms with Gasteiger partial charge in [-0.15, -0.1) is 0 Å². The molecule has 2 aliphatic heterocycles. The quantitative estimate of drug-likeness (QED) is 0.829. The van der Waals surface area contributed by atoms with Gasteiger partial charge >= 0.3 is 0 Å². The largest absolute Gasteiger partial charge is 0.468 e. The number of furan rings is 1. The predicted octanol–water partition coefficient (Wildman–Crippen LogP) is 1.01. The Hall–Kier alpha value is -0.890. The number of hydrogen-bond acceptors (Lipinski definition) is 5. The molecule has 2 saturated heterocycles. The molecule has 0 amide bonds. The Balaban J connectivity index is 1.76. The van der Waals surface area contributed by atoms with Crippen LogP contribution in [0, 0.1) is 11.3 Å². The summed E-state index contributed by atoms with van der Waals surface area (Å²) in [6.07, 6.45) is 2.97. The lowest BCUT2D eigenvalue weighted by Gasteiger charge is -2.34. The molecule has 2 atom stereocenters. The van der Waals surface area contributed by atoms with Crippen LogP contribution >= 0.6 is 0 Å². The van der Waals surface area contributed by atoms with Crippen LogP contribution in [0.3, 0.4) is 0 Å². The molecule has 1 aromatic heterocycles. The molecule has 1 aromatic rings. The van der Waals surface area contributed by atoms with Gasteiger partial charge in [0, 0.05) is 31.6 Å². The summed E-state index contributed by atoms with van der Waals surface area (Å²) in [6, 6.07) is 3.87. The van der Waals surface area contributed by atoms with Gasteiger partial charge in [0.25, 0.3) is 0 Å². The molecular formula is C15H24N2O4S. The minimum atomic E-state index is -3.19. The summed E-state index contributed by atoms with van der Waals surface area (Å²) in [5.41, 5.74) is -0.133. The number of ether oxygens (including phenoxy) is 1. The summed E-state index contributed by atoms with van der Waals surface area (Å²) in [6.45, 7) is 6.81. The van der Waals surface area contributed by atoms with E-state index in [1.54, 1.807) is 10.6 Å². The Kier molecular flexibility index (Phi) is 4.33. The number of likely N-dealkylation sites (tertiary alicyclic amines) is 1. The van der Waals surface area contributed by atoms with Crippen LogP contribution in [0.2, 0.25) is 0 Å². The van der Waals surface area contributed by atoms with Gasteiger partial charge in [-0.05, 0) is 18.1 Å². The van der Waals surface area contributed by atoms with E-state index in [9.17, 15) is 8.42 Å². The second-order valence-corrected chi connectivity index (χ2v) is 8.64. The van der Waals surface area contributed by atoms with E-state index in [1.807, 2.05) is 12.1 Å². The smallest absolute Gasteiger partial charge is 0.211 e. The van der Waals surface area contributed by atoms with Crippen molar-refractivity contribution in [3.8, 4) is 0 Å². The van der Waals surface area contributed by atoms with Crippen molar-refractivity contribution in [2.24, 2.45) is 11.3 Å². The average molecular weight is 328 g/mol. The molecule has 2 aliphatic rings. The maximum atomic E-state index is 12.0. The topological polar surface area (TPSA) is 63.0 Å². The van der Waals surface area contributed by atoms with Crippen molar-refractivity contribution in [2.75, 3.05) is 45.6 Å². The van der Waals surface area contributed by atoms with Gasteiger partial charge < -0.3 is 9.15 Å². The zero-order chi connectivity index (χ0) is 15.8. The number of rotatable bonds is 3. The normalized spacial score (nSPS) is 31.6. The van der Waals surface area contributed by atoms with Crippen LogP contribution < -0.4 is 0 Å². The molecule has 1 spiro atoms. The van der Waals surface area contributed by atoms with E-state index >= 15 is 0 Å². The van der Waals surface area contributed by atoms with Crippen LogP contribution in [0.5, 0.6) is 0 Å². The SMILES string of the molecule is C[C@H]1CN(Cc2ccco2)C[C@@]12COCCN(S(C)(=O)=O)C2. The molecule has 6 nitrogen and oxygen atoms in total. The molecule has 0 unspecified atom stereocenters. The molecule has 0 bridgehead atoms. The molecule has 0 aliphatic carbocycles. The fourth-order valence-electron chi connectivity index (χ4n) is 3.58. The van der Waals surface area contributed by atoms with Crippen LogP contribution in [-0.2, 0) is 21.3 Å². The second-order valence-electron chi connectivity index (χ2n) is 6.66. The molecule has 7 heteroatoms. The highest BCUT2D eigenvalue weighted by Crippen LogP contribution is 2.39. The molecule has 0 N–H and O–H groups in total. The van der Waals surface area contributed by atoms with Gasteiger partial charge in [0.15, 0.2) is 0 Å². The van der Waals surface area contributed by atoms with E-state index in [1.165, 1.54) is 6.26 Å². The van der Waals surface area contributed by atoms with Crippen molar-refractivity contribution in [1.82, 2.24) is 9.21 Å². The van der Waals surface area contributed by atoms with Crippen LogP contribution in [0.25, 0.3) is 0 Å². The van der Waals surface area contributed by atoms with Crippen molar-refractivity contribution in [1.29, 1.82) is 0 Å². The molecule has 3 heterocycles. The molecular weight excluding hydrogens is 304 g/mol. The summed E-state index contributed by atoms with van der Waals surface area (Å²) in [4.78, 5) is 2.33. The molecule has 3 rings (SSSR count). The summed E-state index contributed by atoms with van der Waals surface area (Å²) >= 11 is 0. The highest BCUT2D eigenvalue weighted by molar-refractivity contribution is 7.88. The zero-order valence-corrected chi connectivity index (χ0v) is 14.0. The summed E-state index contributed by atoms with van der Waals surface area (Å²) in [7, 11) is -3.19. The first-order chi connectivity index (χ1) is 10.4. The van der Waals surface area contributed by atoms with Crippen LogP contribution in [0.15, 0.2) is 22.8 Å². The molecule has 22 heavy (non-hydrogen) atoms. The van der Waals surface area contributed by atoms with Crippen LogP contribution in [-0.4, -0.2) is 63.3 Å². The molecule has 0 aromatic carbocycles. The van der Waals surface area contributed by atoms with Gasteiger partial charge in [-0.3, -0.25) is 4.90 Å². The Bertz CT molecular complexity index is 601. The van der Waals surface area contributed by atoms with E-state index in [-0.39, 0.29) is 5.41 Å². The van der Waals surface area contributed by atoms with Gasteiger partial charge in [-0.1, -0.05) is 6.92 Å². The van der Waals surface area contributed by atoms with Crippen LogP contribution in [0.4, 0.5) is 0 Å². The highest BCUT2D eigenvalue weighted by atomic mass is 32.2. The van der Waals surface area contributed by atoms with Crippen molar-refractivity contribution < 1.29 is 17.6 Å². The maximum absolute atomic E-state index is 12.0. The van der Waals surface area contributed by atoms with Crippen LogP contribution in [0.1, 0.15) is 12.7 Å². The van der Waals surface area contributed by atoms with E-state index in [4.69, 9.17) is 9.15 Å². The van der Waals surface area contributed by atoms with Crippen molar-refractivity contribution in [3.05, 3.63) is 24.2 Å². The Morgan fingerprint density at radius 1 is 1.41 bits per heavy atom. The second kappa shape index (κ2) is 5.96. The van der Waals surface area contributed by atoms with Crippen molar-refractivity contribution in [3.63, 3.8) is 0 Å². The van der Waals surface area contributed by atoms with E-state index in [0.29, 0.717) is 32.2 Å². The molecule has 0 radical (unpaired) electrons. The number of sulfonamides is 1. The van der Waals surface area contributed by atoms with E-state index in [0.717, 1.165) is 25.4 Å². The highest BCUT2D eigenvalue weighted by Gasteiger charge is 2.47. The first kappa shape index (κ1) is 16.0. The fourth-order valence-corrected chi connectivity index (χ4v) is 4.48. The van der Waals surface area contributed by atoms with Gasteiger partial charge in [-0.2, -0.15) is 4.31 Å². The Labute approximate surface area is 132 Å². The molecule has 0 saturated carbocycles. The minimum Gasteiger partial charge on any atom is -0.468 e. The lowest BCUT2D eigenvalue weighted by atomic mass is 9.80. The van der Waals surface area contributed by atoms with E-state index in [2.05, 4.69) is 11.8 Å². The monoisotopic (exact) mass is 328 g/mol. The van der Waals surface area contributed by atoms with Gasteiger partial charge in [0.1, 0.15) is 5.76 Å². The Morgan fingerprint density at radius 3 is 2.91 bits per heavy atom. The lowest BCUT2D eigenvalue weighted by Crippen LogP contribution is -2.45. The minimum absolute atomic E-state index is 0.133. The standard InChI is InChI=1S/C15H24N2O4S/c1-13-8-16(9-14-4-3-6-21-14)10-15(13)11-17(22(2,18)19)5-7-20-12-15/h3-4,6,13H,5,7-12H2,1-2H3/t13-,15+/m0/s1. The lowest BCUT2D eigenvalue weighted by molar-refractivity contribution is 0.0526. The van der Waals surface area contributed by atoms with E-state index < -0.39 is 10.0 Å². The molecule has 124 valence electrons. The maximum Gasteiger partial charge on any atom is 0.211 e.